The lowest BCUT2D eigenvalue weighted by Gasteiger charge is -2.18. The van der Waals surface area contributed by atoms with Crippen LogP contribution in [0.25, 0.3) is 6.08 Å². The maximum atomic E-state index is 12.5. The van der Waals surface area contributed by atoms with Gasteiger partial charge in [0.15, 0.2) is 0 Å². The maximum Gasteiger partial charge on any atom is 0.328 e. The Labute approximate surface area is 186 Å². The number of nitrogens with zero attached hydrogens (tertiary/aromatic N) is 1. The van der Waals surface area contributed by atoms with Crippen LogP contribution in [0.15, 0.2) is 53.4 Å². The summed E-state index contributed by atoms with van der Waals surface area (Å²) in [5.74, 6) is -0.437. The van der Waals surface area contributed by atoms with Crippen molar-refractivity contribution in [2.45, 2.75) is 19.6 Å². The lowest BCUT2D eigenvalue weighted by molar-refractivity contribution is -0.148. The van der Waals surface area contributed by atoms with E-state index >= 15 is 0 Å². The van der Waals surface area contributed by atoms with Crippen molar-refractivity contribution in [3.05, 3.63) is 68.1 Å². The number of benzene rings is 2. The van der Waals surface area contributed by atoms with Crippen molar-refractivity contribution in [2.24, 2.45) is 0 Å². The largest absolute Gasteiger partial charge is 0.489 e. The molecule has 1 atom stereocenters. The summed E-state index contributed by atoms with van der Waals surface area (Å²) in [5, 5.41) is -0.489. The molecule has 29 heavy (non-hydrogen) atoms. The van der Waals surface area contributed by atoms with Crippen molar-refractivity contribution in [1.82, 2.24) is 4.90 Å². The van der Waals surface area contributed by atoms with Gasteiger partial charge in [0, 0.05) is 3.57 Å². The first kappa shape index (κ1) is 21.4. The number of hydrogen-bond acceptors (Lipinski definition) is 6. The molecule has 0 radical (unpaired) electrons. The summed E-state index contributed by atoms with van der Waals surface area (Å²) in [6.45, 7) is 1.92. The molecule has 1 aliphatic rings. The van der Waals surface area contributed by atoms with Gasteiger partial charge in [0.1, 0.15) is 18.4 Å². The third-order valence-corrected chi connectivity index (χ3v) is 5.85. The second-order valence-corrected chi connectivity index (χ2v) is 8.47. The van der Waals surface area contributed by atoms with Crippen molar-refractivity contribution in [3.8, 4) is 5.75 Å². The molecule has 0 spiro atoms. The fourth-order valence-corrected chi connectivity index (χ4v) is 3.92. The van der Waals surface area contributed by atoms with Crippen LogP contribution in [-0.4, -0.2) is 35.2 Å². The van der Waals surface area contributed by atoms with Crippen LogP contribution in [-0.2, 0) is 20.9 Å². The van der Waals surface area contributed by atoms with E-state index in [9.17, 15) is 14.4 Å². The number of methoxy groups -OCH3 is 1. The first-order valence-corrected chi connectivity index (χ1v) is 10.6. The van der Waals surface area contributed by atoms with E-state index in [4.69, 9.17) is 4.74 Å². The first-order chi connectivity index (χ1) is 13.9. The third-order valence-electron chi connectivity index (χ3n) is 4.25. The van der Waals surface area contributed by atoms with Crippen LogP contribution in [0.5, 0.6) is 5.75 Å². The minimum Gasteiger partial charge on any atom is -0.489 e. The fraction of sp³-hybridized carbons (Fsp3) is 0.190. The SMILES string of the molecule is COC(=O)[C@H](C)N1C(=O)S/C(=C/c2ccc(OCc3ccc(I)cc3)cc2)C1=O. The average molecular weight is 523 g/mol. The summed E-state index contributed by atoms with van der Waals surface area (Å²) in [6, 6.07) is 14.3. The highest BCUT2D eigenvalue weighted by Crippen LogP contribution is 2.34. The lowest BCUT2D eigenvalue weighted by atomic mass is 10.2. The van der Waals surface area contributed by atoms with Crippen LogP contribution < -0.4 is 4.74 Å². The number of imide groups is 1. The predicted molar refractivity (Wildman–Crippen MR) is 119 cm³/mol. The van der Waals surface area contributed by atoms with Crippen molar-refractivity contribution < 1.29 is 23.9 Å². The van der Waals surface area contributed by atoms with E-state index in [1.54, 1.807) is 30.3 Å². The first-order valence-electron chi connectivity index (χ1n) is 8.71. The van der Waals surface area contributed by atoms with Gasteiger partial charge in [-0.2, -0.15) is 0 Å². The Bertz CT molecular complexity index is 956. The average Bonchev–Trinajstić information content (AvgIpc) is 3.00. The molecule has 0 unspecified atom stereocenters. The van der Waals surface area contributed by atoms with E-state index < -0.39 is 23.2 Å². The minimum absolute atomic E-state index is 0.262. The van der Waals surface area contributed by atoms with Crippen LogP contribution in [0.1, 0.15) is 18.1 Å². The Kier molecular flexibility index (Phi) is 6.96. The number of hydrogen-bond donors (Lipinski definition) is 0. The summed E-state index contributed by atoms with van der Waals surface area (Å²) in [6.07, 6.45) is 1.62. The van der Waals surface area contributed by atoms with Gasteiger partial charge in [-0.25, -0.2) is 4.79 Å². The second kappa shape index (κ2) is 9.45. The number of amides is 2. The number of esters is 1. The number of halogens is 1. The maximum absolute atomic E-state index is 12.5. The fourth-order valence-electron chi connectivity index (χ4n) is 2.65. The molecule has 150 valence electrons. The highest BCUT2D eigenvalue weighted by molar-refractivity contribution is 14.1. The third kappa shape index (κ3) is 5.18. The quantitative estimate of drug-likeness (QED) is 0.316. The molecule has 0 bridgehead atoms. The van der Waals surface area contributed by atoms with Crippen molar-refractivity contribution in [2.75, 3.05) is 7.11 Å². The number of thioether (sulfide) groups is 1. The zero-order chi connectivity index (χ0) is 21.0. The van der Waals surface area contributed by atoms with Gasteiger partial charge in [0.05, 0.1) is 12.0 Å². The van der Waals surface area contributed by atoms with E-state index in [0.717, 1.165) is 27.8 Å². The molecule has 0 saturated carbocycles. The van der Waals surface area contributed by atoms with Gasteiger partial charge in [0.25, 0.3) is 11.1 Å². The molecule has 2 amide bonds. The van der Waals surface area contributed by atoms with Crippen molar-refractivity contribution >= 4 is 57.5 Å². The Hall–Kier alpha value is -2.33. The summed E-state index contributed by atoms with van der Waals surface area (Å²) < 4.78 is 11.6. The molecule has 3 rings (SSSR count). The molecule has 1 saturated heterocycles. The zero-order valence-corrected chi connectivity index (χ0v) is 18.7. The van der Waals surface area contributed by atoms with E-state index in [1.165, 1.54) is 17.6 Å². The number of carbonyl (C=O) groups excluding carboxylic acids is 3. The number of ether oxygens (including phenoxy) is 2. The van der Waals surface area contributed by atoms with Crippen molar-refractivity contribution in [3.63, 3.8) is 0 Å². The molecule has 2 aromatic rings. The molecule has 6 nitrogen and oxygen atoms in total. The van der Waals surface area contributed by atoms with E-state index in [1.807, 2.05) is 24.3 Å². The van der Waals surface area contributed by atoms with Gasteiger partial charge in [0.2, 0.25) is 0 Å². The van der Waals surface area contributed by atoms with Crippen LogP contribution in [0.4, 0.5) is 4.79 Å². The molecule has 1 fully saturated rings. The molecule has 8 heteroatoms. The van der Waals surface area contributed by atoms with Crippen LogP contribution >= 0.6 is 34.4 Å². The summed E-state index contributed by atoms with van der Waals surface area (Å²) >= 11 is 3.06. The van der Waals surface area contributed by atoms with E-state index in [-0.39, 0.29) is 4.91 Å². The van der Waals surface area contributed by atoms with Crippen LogP contribution in [0.2, 0.25) is 0 Å². The number of rotatable bonds is 6. The van der Waals surface area contributed by atoms with Gasteiger partial charge in [-0.1, -0.05) is 24.3 Å². The molecule has 0 aliphatic carbocycles. The molecular weight excluding hydrogens is 505 g/mol. The highest BCUT2D eigenvalue weighted by atomic mass is 127. The van der Waals surface area contributed by atoms with Crippen molar-refractivity contribution in [1.29, 1.82) is 0 Å². The Morgan fingerprint density at radius 2 is 1.79 bits per heavy atom. The standard InChI is InChI=1S/C21H18INO5S/c1-13(20(25)27-2)23-19(24)18(29-21(23)26)11-14-5-9-17(10-6-14)28-12-15-3-7-16(22)8-4-15/h3-11,13H,12H2,1-2H3/b18-11+/t13-/m0/s1. The molecule has 0 aromatic heterocycles. The normalized spacial score (nSPS) is 16.2. The van der Waals surface area contributed by atoms with E-state index in [2.05, 4.69) is 27.3 Å². The smallest absolute Gasteiger partial charge is 0.328 e. The molecule has 0 N–H and O–H groups in total. The lowest BCUT2D eigenvalue weighted by Crippen LogP contribution is -2.42. The summed E-state index contributed by atoms with van der Waals surface area (Å²) in [4.78, 5) is 37.5. The minimum atomic E-state index is -0.963. The predicted octanol–water partition coefficient (Wildman–Crippen LogP) is 4.47. The topological polar surface area (TPSA) is 72.9 Å². The van der Waals surface area contributed by atoms with Gasteiger partial charge < -0.3 is 9.47 Å². The van der Waals surface area contributed by atoms with Gasteiger partial charge in [-0.15, -0.1) is 0 Å². The molecule has 1 aliphatic heterocycles. The van der Waals surface area contributed by atoms with Crippen LogP contribution in [0, 0.1) is 3.57 Å². The summed E-state index contributed by atoms with van der Waals surface area (Å²) in [7, 11) is 1.22. The van der Waals surface area contributed by atoms with Gasteiger partial charge >= 0.3 is 5.97 Å². The highest BCUT2D eigenvalue weighted by Gasteiger charge is 2.41. The summed E-state index contributed by atoms with van der Waals surface area (Å²) in [5.41, 5.74) is 1.82. The second-order valence-electron chi connectivity index (χ2n) is 6.24. The Morgan fingerprint density at radius 3 is 2.41 bits per heavy atom. The monoisotopic (exact) mass is 523 g/mol. The molecule has 2 aromatic carbocycles. The van der Waals surface area contributed by atoms with E-state index in [0.29, 0.717) is 12.4 Å². The Morgan fingerprint density at radius 1 is 1.14 bits per heavy atom. The van der Waals surface area contributed by atoms with Crippen LogP contribution in [0.3, 0.4) is 0 Å². The van der Waals surface area contributed by atoms with Gasteiger partial charge in [-0.05, 0) is 82.7 Å². The van der Waals surface area contributed by atoms with Gasteiger partial charge in [-0.3, -0.25) is 14.5 Å². The molecular formula is C21H18INO5S. The number of carbonyl (C=O) groups is 3. The Balaban J connectivity index is 1.66. The molecule has 1 heterocycles. The zero-order valence-electron chi connectivity index (χ0n) is 15.8.